The van der Waals surface area contributed by atoms with E-state index in [0.717, 1.165) is 0 Å². The number of nitrogens with zero attached hydrogens (tertiary/aromatic N) is 3. The number of benzene rings is 1. The van der Waals surface area contributed by atoms with Gasteiger partial charge >= 0.3 is 0 Å². The van der Waals surface area contributed by atoms with Crippen LogP contribution in [-0.2, 0) is 0 Å². The zero-order valence-electron chi connectivity index (χ0n) is 11.8. The van der Waals surface area contributed by atoms with E-state index in [1.165, 1.54) is 12.3 Å². The number of rotatable bonds is 2. The van der Waals surface area contributed by atoms with E-state index < -0.39 is 0 Å². The van der Waals surface area contributed by atoms with E-state index in [0.29, 0.717) is 43.2 Å². The lowest BCUT2D eigenvalue weighted by Crippen LogP contribution is -2.49. The number of para-hydroxylation sites is 1. The molecule has 1 saturated heterocycles. The third-order valence-electron chi connectivity index (χ3n) is 3.74. The molecule has 3 rings (SSSR count). The highest BCUT2D eigenvalue weighted by Crippen LogP contribution is 2.21. The van der Waals surface area contributed by atoms with E-state index in [2.05, 4.69) is 5.16 Å². The third-order valence-corrected chi connectivity index (χ3v) is 3.74. The molecular weight excluding hydrogens is 273 g/mol. The van der Waals surface area contributed by atoms with Gasteiger partial charge in [0.05, 0.1) is 11.9 Å². The molecule has 0 aliphatic carbocycles. The summed E-state index contributed by atoms with van der Waals surface area (Å²) in [6, 6.07) is 6.70. The molecule has 21 heavy (non-hydrogen) atoms. The quantitative estimate of drug-likeness (QED) is 0.849. The summed E-state index contributed by atoms with van der Waals surface area (Å²) in [6.45, 7) is 4.04. The molecule has 1 aliphatic rings. The molecule has 0 unspecified atom stereocenters. The van der Waals surface area contributed by atoms with Gasteiger partial charge in [-0.2, -0.15) is 0 Å². The van der Waals surface area contributed by atoms with Crippen LogP contribution in [0.25, 0.3) is 0 Å². The summed E-state index contributed by atoms with van der Waals surface area (Å²) >= 11 is 0. The summed E-state index contributed by atoms with van der Waals surface area (Å²) in [6.07, 6.45) is 1.45. The highest BCUT2D eigenvalue weighted by molar-refractivity contribution is 5.94. The van der Waals surface area contributed by atoms with Gasteiger partial charge in [0.15, 0.2) is 0 Å². The summed E-state index contributed by atoms with van der Waals surface area (Å²) in [5.74, 6) is 0.214. The molecule has 1 amide bonds. The van der Waals surface area contributed by atoms with Gasteiger partial charge in [0.1, 0.15) is 17.1 Å². The molecule has 1 aromatic heterocycles. The Kier molecular flexibility index (Phi) is 3.60. The lowest BCUT2D eigenvalue weighted by atomic mass is 10.2. The fraction of sp³-hybridized carbons (Fsp3) is 0.333. The van der Waals surface area contributed by atoms with Gasteiger partial charge in [0.2, 0.25) is 0 Å². The van der Waals surface area contributed by atoms with E-state index in [1.54, 1.807) is 24.0 Å². The molecule has 0 bridgehead atoms. The summed E-state index contributed by atoms with van der Waals surface area (Å²) in [7, 11) is 0. The molecule has 110 valence electrons. The van der Waals surface area contributed by atoms with Crippen molar-refractivity contribution < 1.29 is 13.7 Å². The fourth-order valence-electron chi connectivity index (χ4n) is 2.53. The summed E-state index contributed by atoms with van der Waals surface area (Å²) in [4.78, 5) is 16.0. The van der Waals surface area contributed by atoms with Crippen molar-refractivity contribution in [1.29, 1.82) is 0 Å². The first-order valence-corrected chi connectivity index (χ1v) is 6.87. The van der Waals surface area contributed by atoms with Gasteiger partial charge in [-0.25, -0.2) is 4.39 Å². The predicted molar refractivity (Wildman–Crippen MR) is 75.8 cm³/mol. The van der Waals surface area contributed by atoms with E-state index in [-0.39, 0.29) is 11.7 Å². The topological polar surface area (TPSA) is 49.6 Å². The van der Waals surface area contributed by atoms with E-state index in [1.807, 2.05) is 11.0 Å². The van der Waals surface area contributed by atoms with Gasteiger partial charge in [-0.15, -0.1) is 0 Å². The Bertz CT molecular complexity index is 648. The Morgan fingerprint density at radius 2 is 1.95 bits per heavy atom. The first-order chi connectivity index (χ1) is 10.2. The molecule has 0 spiro atoms. The van der Waals surface area contributed by atoms with Crippen molar-refractivity contribution in [3.05, 3.63) is 47.6 Å². The van der Waals surface area contributed by atoms with Crippen molar-refractivity contribution in [2.75, 3.05) is 31.1 Å². The van der Waals surface area contributed by atoms with Crippen LogP contribution in [0.3, 0.4) is 0 Å². The van der Waals surface area contributed by atoms with Gasteiger partial charge in [-0.1, -0.05) is 17.3 Å². The number of hydrogen-bond acceptors (Lipinski definition) is 4. The average molecular weight is 289 g/mol. The van der Waals surface area contributed by atoms with Crippen LogP contribution in [0.5, 0.6) is 0 Å². The van der Waals surface area contributed by atoms with Crippen LogP contribution >= 0.6 is 0 Å². The van der Waals surface area contributed by atoms with Crippen LogP contribution in [0.15, 0.2) is 35.0 Å². The average Bonchev–Trinajstić information content (AvgIpc) is 2.93. The number of carbonyl (C=O) groups excluding carboxylic acids is 1. The molecule has 1 fully saturated rings. The van der Waals surface area contributed by atoms with Gasteiger partial charge in [0.25, 0.3) is 5.91 Å². The van der Waals surface area contributed by atoms with Crippen molar-refractivity contribution in [2.45, 2.75) is 6.92 Å². The van der Waals surface area contributed by atoms with Crippen LogP contribution in [-0.4, -0.2) is 42.1 Å². The number of aryl methyl sites for hydroxylation is 1. The summed E-state index contributed by atoms with van der Waals surface area (Å²) in [5, 5.41) is 3.63. The zero-order valence-corrected chi connectivity index (χ0v) is 11.8. The van der Waals surface area contributed by atoms with Gasteiger partial charge in [-0.3, -0.25) is 4.79 Å². The Balaban J connectivity index is 1.67. The minimum atomic E-state index is -0.229. The molecule has 0 N–H and O–H groups in total. The zero-order chi connectivity index (χ0) is 14.8. The predicted octanol–water partition coefficient (Wildman–Crippen LogP) is 2.08. The number of carbonyl (C=O) groups is 1. The number of anilines is 1. The van der Waals surface area contributed by atoms with Gasteiger partial charge in [0, 0.05) is 26.2 Å². The van der Waals surface area contributed by atoms with Crippen molar-refractivity contribution in [3.63, 3.8) is 0 Å². The van der Waals surface area contributed by atoms with Crippen LogP contribution in [0.2, 0.25) is 0 Å². The van der Waals surface area contributed by atoms with Crippen LogP contribution in [0, 0.1) is 12.7 Å². The largest absolute Gasteiger partial charge is 0.366 e. The van der Waals surface area contributed by atoms with Crippen molar-refractivity contribution in [3.8, 4) is 0 Å². The van der Waals surface area contributed by atoms with Crippen molar-refractivity contribution >= 4 is 11.6 Å². The first kappa shape index (κ1) is 13.6. The van der Waals surface area contributed by atoms with E-state index >= 15 is 0 Å². The molecule has 2 aromatic rings. The maximum absolute atomic E-state index is 13.8. The van der Waals surface area contributed by atoms with Gasteiger partial charge in [-0.05, 0) is 19.1 Å². The lowest BCUT2D eigenvalue weighted by molar-refractivity contribution is 0.0745. The highest BCUT2D eigenvalue weighted by atomic mass is 19.1. The minimum absolute atomic E-state index is 0.0815. The molecule has 6 heteroatoms. The second kappa shape index (κ2) is 5.55. The smallest absolute Gasteiger partial charge is 0.259 e. The molecule has 5 nitrogen and oxygen atoms in total. The third kappa shape index (κ3) is 2.61. The molecule has 2 heterocycles. The Labute approximate surface area is 121 Å². The maximum Gasteiger partial charge on any atom is 0.259 e. The summed E-state index contributed by atoms with van der Waals surface area (Å²) < 4.78 is 18.7. The number of halogens is 1. The number of amides is 1. The van der Waals surface area contributed by atoms with Crippen molar-refractivity contribution in [2.24, 2.45) is 0 Å². The van der Waals surface area contributed by atoms with Crippen LogP contribution < -0.4 is 4.90 Å². The molecule has 1 aromatic carbocycles. The number of aromatic nitrogens is 1. The van der Waals surface area contributed by atoms with Crippen LogP contribution in [0.1, 0.15) is 16.1 Å². The molecule has 0 saturated carbocycles. The molecule has 0 atom stereocenters. The Hall–Kier alpha value is -2.37. The lowest BCUT2D eigenvalue weighted by Gasteiger charge is -2.36. The van der Waals surface area contributed by atoms with Gasteiger partial charge < -0.3 is 14.3 Å². The molecular formula is C15H16FN3O2. The highest BCUT2D eigenvalue weighted by Gasteiger charge is 2.25. The second-order valence-corrected chi connectivity index (χ2v) is 5.03. The number of piperazine rings is 1. The standard InChI is InChI=1S/C15H16FN3O2/c1-11-12(10-17-21-11)15(20)19-8-6-18(7-9-19)14-5-3-2-4-13(14)16/h2-5,10H,6-9H2,1H3. The summed E-state index contributed by atoms with van der Waals surface area (Å²) in [5.41, 5.74) is 1.08. The van der Waals surface area contributed by atoms with E-state index in [4.69, 9.17) is 4.52 Å². The SMILES string of the molecule is Cc1oncc1C(=O)N1CCN(c2ccccc2F)CC1. The monoisotopic (exact) mass is 289 g/mol. The normalized spacial score (nSPS) is 15.3. The molecule has 0 radical (unpaired) electrons. The molecule has 1 aliphatic heterocycles. The Morgan fingerprint density at radius 1 is 1.24 bits per heavy atom. The Morgan fingerprint density at radius 3 is 2.57 bits per heavy atom. The number of hydrogen-bond donors (Lipinski definition) is 0. The fourth-order valence-corrected chi connectivity index (χ4v) is 2.53. The first-order valence-electron chi connectivity index (χ1n) is 6.87. The second-order valence-electron chi connectivity index (χ2n) is 5.03. The van der Waals surface area contributed by atoms with Crippen LogP contribution in [0.4, 0.5) is 10.1 Å². The van der Waals surface area contributed by atoms with Crippen molar-refractivity contribution in [1.82, 2.24) is 10.1 Å². The maximum atomic E-state index is 13.8. The van der Waals surface area contributed by atoms with E-state index in [9.17, 15) is 9.18 Å². The minimum Gasteiger partial charge on any atom is -0.366 e.